The molecule has 0 heterocycles. The van der Waals surface area contributed by atoms with Crippen molar-refractivity contribution in [3.63, 3.8) is 0 Å². The summed E-state index contributed by atoms with van der Waals surface area (Å²) in [5, 5.41) is 0. The van der Waals surface area contributed by atoms with Crippen LogP contribution in [0.1, 0.15) is 456 Å². The van der Waals surface area contributed by atoms with Crippen LogP contribution in [0.2, 0.25) is 0 Å². The van der Waals surface area contributed by atoms with Gasteiger partial charge in [0.25, 0.3) is 0 Å². The van der Waals surface area contributed by atoms with Gasteiger partial charge in [0.2, 0.25) is 0 Å². The Morgan fingerprint density at radius 1 is 0.412 bits per heavy atom. The van der Waals surface area contributed by atoms with Crippen LogP contribution < -0.4 is 0 Å². The van der Waals surface area contributed by atoms with E-state index in [1.54, 1.807) is 0 Å². The van der Waals surface area contributed by atoms with E-state index in [1.807, 2.05) is 0 Å². The number of hydrogen-bond donors (Lipinski definition) is 0. The van der Waals surface area contributed by atoms with Crippen LogP contribution >= 0.6 is 0 Å². The van der Waals surface area contributed by atoms with Gasteiger partial charge in [-0.1, -0.05) is 437 Å². The molecule has 0 radical (unpaired) electrons. The van der Waals surface area contributed by atoms with Crippen molar-refractivity contribution in [3.05, 3.63) is 0 Å². The average Bonchev–Trinajstić information content (AvgIpc) is 3.99. The van der Waals surface area contributed by atoms with Gasteiger partial charge in [0.15, 0.2) is 0 Å². The van der Waals surface area contributed by atoms with Crippen molar-refractivity contribution in [2.24, 2.45) is 74.9 Å². The fraction of sp³-hybridized carbons (Fsp3) is 1.00. The molecule has 3 aliphatic rings. The number of rotatable bonds is 15. The minimum atomic E-state index is 0. The molecule has 3 aliphatic carbocycles. The molecule has 0 spiro atoms. The fourth-order valence-corrected chi connectivity index (χ4v) is 7.45. The highest BCUT2D eigenvalue weighted by molar-refractivity contribution is 4.74. The van der Waals surface area contributed by atoms with Gasteiger partial charge in [-0.3, -0.25) is 0 Å². The van der Waals surface area contributed by atoms with Gasteiger partial charge in [0.1, 0.15) is 0 Å². The second-order valence-corrected chi connectivity index (χ2v) is 28.2. The zero-order valence-electron chi connectivity index (χ0n) is 56.6. The van der Waals surface area contributed by atoms with Crippen LogP contribution in [-0.2, 0) is 0 Å². The molecule has 0 heteroatoms. The lowest BCUT2D eigenvalue weighted by atomic mass is 9.84. The molecule has 3 fully saturated rings. The summed E-state index contributed by atoms with van der Waals surface area (Å²) in [5.41, 5.74) is 2.36. The van der Waals surface area contributed by atoms with E-state index in [9.17, 15) is 0 Å². The molecular formula is C80H194. The Hall–Kier alpha value is 0. The molecule has 0 amide bonds. The second-order valence-electron chi connectivity index (χ2n) is 28.2. The van der Waals surface area contributed by atoms with Crippen LogP contribution in [-0.4, -0.2) is 0 Å². The van der Waals surface area contributed by atoms with E-state index >= 15 is 0 Å². The standard InChI is InChI=1S/3C7H14.7C7H16.10CH4/c1-7(2)5-3-4-6-7;1-7-5-3-2-4-6-7;1-2-7-5-3-4-6-7;1-6(2)7(3,4)5;1-6(2)5-7(3)4;2*1-5-7(3,4)6-2;1-5-7(4)6(2)3;1-4-5-6-7(2)3;1-4-7(5-2)6-3;;;;;;;;;;/h3-6H2,1-2H3;2*7H,2-6H2,1H3;6H,1-5H3;6-7H,5H2,1-4H3;2*5-6H2,1-4H3;6-7H,5H2,1-4H3;2*7H,4-6H2,1-3H3;10*1H4/t;;;;;;;7-;;;;;;;;;;;;/m.......0............/s1. The van der Waals surface area contributed by atoms with Crippen molar-refractivity contribution in [1.29, 1.82) is 0 Å². The Labute approximate surface area is 528 Å². The zero-order valence-corrected chi connectivity index (χ0v) is 56.6. The van der Waals surface area contributed by atoms with E-state index in [0.29, 0.717) is 21.7 Å². The summed E-state index contributed by atoms with van der Waals surface area (Å²) in [4.78, 5) is 0. The van der Waals surface area contributed by atoms with Crippen molar-refractivity contribution >= 4 is 0 Å². The Bertz CT molecular complexity index is 854. The molecule has 3 rings (SSSR count). The third-order valence-corrected chi connectivity index (χ3v) is 17.1. The van der Waals surface area contributed by atoms with Crippen LogP contribution in [0.25, 0.3) is 0 Å². The molecule has 0 saturated heterocycles. The second kappa shape index (κ2) is 81.1. The van der Waals surface area contributed by atoms with Gasteiger partial charge in [-0.2, -0.15) is 0 Å². The SMILES string of the molecule is C.C.C.C.C.C.C.C.C.C.CC(C)C(C)(C)C.CC(C)CC(C)C.CC1(C)CCCC1.CC1CCCCC1.CCC(C)(C)CC.CCC(C)(C)CC.CCC(CC)CC.CCC1CCCC1.CCCCC(C)C.CC[C@H](C)C(C)C. The van der Waals surface area contributed by atoms with Crippen molar-refractivity contribution in [1.82, 2.24) is 0 Å². The van der Waals surface area contributed by atoms with E-state index in [0.717, 1.165) is 53.3 Å². The van der Waals surface area contributed by atoms with Gasteiger partial charge in [-0.25, -0.2) is 0 Å². The maximum absolute atomic E-state index is 2.36. The van der Waals surface area contributed by atoms with E-state index < -0.39 is 0 Å². The number of hydrogen-bond acceptors (Lipinski definition) is 0. The molecule has 1 atom stereocenters. The summed E-state index contributed by atoms with van der Waals surface area (Å²) in [5.74, 6) is 8.34. The van der Waals surface area contributed by atoms with Crippen LogP contribution in [0.15, 0.2) is 0 Å². The smallest absolute Gasteiger partial charge is 0.0354 e. The quantitative estimate of drug-likeness (QED) is 0.153. The largest absolute Gasteiger partial charge is 0.0776 e. The lowest BCUT2D eigenvalue weighted by molar-refractivity contribution is 0.283. The molecule has 0 unspecified atom stereocenters. The highest BCUT2D eigenvalue weighted by Gasteiger charge is 2.22. The molecule has 0 aliphatic heterocycles. The molecule has 0 bridgehead atoms. The summed E-state index contributed by atoms with van der Waals surface area (Å²) in [7, 11) is 0. The summed E-state index contributed by atoms with van der Waals surface area (Å²) in [6.07, 6.45) is 36.8. The Balaban J connectivity index is -0.0000000362. The molecule has 80 heavy (non-hydrogen) atoms. The van der Waals surface area contributed by atoms with Gasteiger partial charge < -0.3 is 0 Å². The van der Waals surface area contributed by atoms with Gasteiger partial charge in [-0.15, -0.1) is 0 Å². The fourth-order valence-electron chi connectivity index (χ4n) is 7.45. The average molecular weight is 1160 g/mol. The van der Waals surface area contributed by atoms with Gasteiger partial charge in [-0.05, 0) is 94.2 Å². The van der Waals surface area contributed by atoms with E-state index in [1.165, 1.54) is 167 Å². The maximum Gasteiger partial charge on any atom is -0.0354 e. The molecule has 3 saturated carbocycles. The first kappa shape index (κ1) is 126. The van der Waals surface area contributed by atoms with Crippen molar-refractivity contribution in [2.75, 3.05) is 0 Å². The molecule has 514 valence electrons. The molecule has 0 aromatic heterocycles. The predicted octanol–water partition coefficient (Wildman–Crippen LogP) is 33.5. The first-order valence-electron chi connectivity index (χ1n) is 32.1. The Morgan fingerprint density at radius 3 is 0.787 bits per heavy atom. The zero-order chi connectivity index (χ0) is 56.6. The van der Waals surface area contributed by atoms with E-state index in [-0.39, 0.29) is 74.3 Å². The molecule has 0 nitrogen and oxygen atoms in total. The lowest BCUT2D eigenvalue weighted by Gasteiger charge is -2.22. The van der Waals surface area contributed by atoms with Crippen molar-refractivity contribution in [2.45, 2.75) is 456 Å². The highest BCUT2D eigenvalue weighted by Crippen LogP contribution is 2.36. The third-order valence-electron chi connectivity index (χ3n) is 17.1. The molecular weight excluding hydrogens is 961 g/mol. The van der Waals surface area contributed by atoms with Crippen LogP contribution in [0, 0.1) is 74.9 Å². The summed E-state index contributed by atoms with van der Waals surface area (Å²) >= 11 is 0. The van der Waals surface area contributed by atoms with E-state index in [2.05, 4.69) is 215 Å². The molecule has 0 aromatic rings. The minimum absolute atomic E-state index is 0. The Morgan fingerprint density at radius 2 is 0.713 bits per heavy atom. The predicted molar refractivity (Wildman–Crippen MR) is 404 cm³/mol. The first-order chi connectivity index (χ1) is 32.1. The number of unbranched alkanes of at least 4 members (excludes halogenated alkanes) is 1. The van der Waals surface area contributed by atoms with Gasteiger partial charge in [0.05, 0.1) is 0 Å². The lowest BCUT2D eigenvalue weighted by Crippen LogP contribution is -2.12. The monoisotopic (exact) mass is 1160 g/mol. The van der Waals surface area contributed by atoms with Gasteiger partial charge in [0, 0.05) is 0 Å². The summed E-state index contributed by atoms with van der Waals surface area (Å²) in [6, 6.07) is 0. The third kappa shape index (κ3) is 113. The molecule has 0 aromatic carbocycles. The summed E-state index contributed by atoms with van der Waals surface area (Å²) in [6.45, 7) is 70.5. The van der Waals surface area contributed by atoms with Gasteiger partial charge >= 0.3 is 0 Å². The van der Waals surface area contributed by atoms with Crippen molar-refractivity contribution in [3.8, 4) is 0 Å². The normalized spacial score (nSPS) is 14.1. The van der Waals surface area contributed by atoms with Crippen LogP contribution in [0.3, 0.4) is 0 Å². The minimum Gasteiger partial charge on any atom is -0.0776 e. The molecule has 0 N–H and O–H groups in total. The maximum atomic E-state index is 2.36. The van der Waals surface area contributed by atoms with Crippen molar-refractivity contribution < 1.29 is 0 Å². The first-order valence-corrected chi connectivity index (χ1v) is 32.1. The van der Waals surface area contributed by atoms with E-state index in [4.69, 9.17) is 0 Å². The topological polar surface area (TPSA) is 0 Å². The highest BCUT2D eigenvalue weighted by atomic mass is 14.3. The summed E-state index contributed by atoms with van der Waals surface area (Å²) < 4.78 is 0. The van der Waals surface area contributed by atoms with Crippen LogP contribution in [0.5, 0.6) is 0 Å². The van der Waals surface area contributed by atoms with Crippen LogP contribution in [0.4, 0.5) is 0 Å². The Kier molecular flexibility index (Phi) is 127.